The molecular formula is C15H18N4O3S. The van der Waals surface area contributed by atoms with Gasteiger partial charge in [0, 0.05) is 24.5 Å². The van der Waals surface area contributed by atoms with Gasteiger partial charge in [0.15, 0.2) is 22.0 Å². The van der Waals surface area contributed by atoms with E-state index < -0.39 is 11.2 Å². The van der Waals surface area contributed by atoms with Gasteiger partial charge in [-0.2, -0.15) is 0 Å². The Morgan fingerprint density at radius 3 is 2.52 bits per heavy atom. The molecule has 23 heavy (non-hydrogen) atoms. The van der Waals surface area contributed by atoms with Crippen LogP contribution in [0.2, 0.25) is 0 Å². The number of aromatic nitrogens is 4. The first-order valence-electron chi connectivity index (χ1n) is 7.25. The molecule has 0 radical (unpaired) electrons. The van der Waals surface area contributed by atoms with E-state index in [1.165, 1.54) is 6.92 Å². The Balaban J connectivity index is 2.31. The van der Waals surface area contributed by atoms with Crippen molar-refractivity contribution in [2.45, 2.75) is 37.7 Å². The number of pyridine rings is 1. The summed E-state index contributed by atoms with van der Waals surface area (Å²) < 4.78 is 6.81. The quantitative estimate of drug-likeness (QED) is 0.434. The van der Waals surface area contributed by atoms with Crippen molar-refractivity contribution in [2.24, 2.45) is 0 Å². The molecule has 0 N–H and O–H groups in total. The predicted octanol–water partition coefficient (Wildman–Crippen LogP) is 1.97. The highest BCUT2D eigenvalue weighted by Gasteiger charge is 2.29. The number of nitrogens with zero attached hydrogens (tertiary/aromatic N) is 4. The first kappa shape index (κ1) is 17.1. The molecule has 0 spiro atoms. The van der Waals surface area contributed by atoms with Crippen LogP contribution in [-0.2, 0) is 20.9 Å². The van der Waals surface area contributed by atoms with Crippen LogP contribution in [0.15, 0.2) is 29.7 Å². The van der Waals surface area contributed by atoms with Crippen molar-refractivity contribution in [1.29, 1.82) is 0 Å². The maximum absolute atomic E-state index is 11.9. The van der Waals surface area contributed by atoms with Crippen molar-refractivity contribution in [3.63, 3.8) is 0 Å². The van der Waals surface area contributed by atoms with E-state index in [2.05, 4.69) is 15.2 Å². The largest absolute Gasteiger partial charge is 0.465 e. The predicted molar refractivity (Wildman–Crippen MR) is 85.9 cm³/mol. The molecule has 7 nitrogen and oxygen atoms in total. The first-order chi connectivity index (χ1) is 11.1. The van der Waals surface area contributed by atoms with Crippen LogP contribution in [0, 0.1) is 0 Å². The van der Waals surface area contributed by atoms with Gasteiger partial charge in [-0.15, -0.1) is 10.2 Å². The van der Waals surface area contributed by atoms with Crippen molar-refractivity contribution in [1.82, 2.24) is 19.7 Å². The Bertz CT molecular complexity index is 687. The van der Waals surface area contributed by atoms with Gasteiger partial charge in [0.25, 0.3) is 0 Å². The molecule has 2 aromatic heterocycles. The highest BCUT2D eigenvalue weighted by atomic mass is 32.2. The number of thioether (sulfide) groups is 1. The molecule has 0 aliphatic rings. The van der Waals surface area contributed by atoms with Crippen LogP contribution in [0.25, 0.3) is 11.4 Å². The van der Waals surface area contributed by atoms with Gasteiger partial charge in [-0.05, 0) is 32.9 Å². The molecule has 2 heterocycles. The lowest BCUT2D eigenvalue weighted by Gasteiger charge is -2.12. The molecule has 0 aliphatic carbocycles. The summed E-state index contributed by atoms with van der Waals surface area (Å²) in [5.41, 5.74) is 0.872. The molecule has 122 valence electrons. The fourth-order valence-corrected chi connectivity index (χ4v) is 2.97. The van der Waals surface area contributed by atoms with E-state index in [9.17, 15) is 9.59 Å². The molecule has 0 saturated heterocycles. The maximum atomic E-state index is 11.9. The van der Waals surface area contributed by atoms with E-state index in [4.69, 9.17) is 4.74 Å². The summed E-state index contributed by atoms with van der Waals surface area (Å²) in [6.45, 7) is 5.86. The van der Waals surface area contributed by atoms with Gasteiger partial charge in [0.2, 0.25) is 0 Å². The number of hydrogen-bond donors (Lipinski definition) is 0. The van der Waals surface area contributed by atoms with E-state index in [0.29, 0.717) is 17.5 Å². The summed E-state index contributed by atoms with van der Waals surface area (Å²) in [5, 5.41) is 7.87. The van der Waals surface area contributed by atoms with Gasteiger partial charge in [-0.3, -0.25) is 14.6 Å². The molecule has 0 bridgehead atoms. The minimum Gasteiger partial charge on any atom is -0.465 e. The van der Waals surface area contributed by atoms with Gasteiger partial charge in [0.05, 0.1) is 6.61 Å². The van der Waals surface area contributed by atoms with Crippen molar-refractivity contribution < 1.29 is 14.3 Å². The summed E-state index contributed by atoms with van der Waals surface area (Å²) in [5.74, 6) is -0.158. The van der Waals surface area contributed by atoms with E-state index in [1.807, 2.05) is 23.6 Å². The molecule has 0 saturated carbocycles. The number of esters is 1. The molecular weight excluding hydrogens is 316 g/mol. The lowest BCUT2D eigenvalue weighted by molar-refractivity contribution is -0.144. The Morgan fingerprint density at radius 1 is 1.26 bits per heavy atom. The number of rotatable bonds is 7. The molecule has 2 aromatic rings. The lowest BCUT2D eigenvalue weighted by atomic mass is 10.2. The van der Waals surface area contributed by atoms with Crippen LogP contribution in [0.5, 0.6) is 0 Å². The third-order valence-electron chi connectivity index (χ3n) is 3.06. The Hall–Kier alpha value is -2.22. The molecule has 2 rings (SSSR count). The average molecular weight is 334 g/mol. The smallest absolute Gasteiger partial charge is 0.327 e. The molecule has 1 unspecified atom stereocenters. The van der Waals surface area contributed by atoms with E-state index in [1.54, 1.807) is 19.3 Å². The molecule has 0 aliphatic heterocycles. The first-order valence-corrected chi connectivity index (χ1v) is 8.13. The monoisotopic (exact) mass is 334 g/mol. The number of hydrogen-bond acceptors (Lipinski definition) is 7. The van der Waals surface area contributed by atoms with Crippen LogP contribution >= 0.6 is 11.8 Å². The van der Waals surface area contributed by atoms with Gasteiger partial charge >= 0.3 is 5.97 Å². The summed E-state index contributed by atoms with van der Waals surface area (Å²) >= 11 is 1.06. The normalized spacial score (nSPS) is 12.0. The van der Waals surface area contributed by atoms with Gasteiger partial charge in [-0.1, -0.05) is 11.8 Å². The van der Waals surface area contributed by atoms with Crippen molar-refractivity contribution in [3.05, 3.63) is 24.5 Å². The number of ether oxygens (including phenoxy) is 1. The Kier molecular flexibility index (Phi) is 5.86. The van der Waals surface area contributed by atoms with Crippen LogP contribution in [-0.4, -0.2) is 43.4 Å². The van der Waals surface area contributed by atoms with Gasteiger partial charge in [-0.25, -0.2) is 0 Å². The third-order valence-corrected chi connectivity index (χ3v) is 4.34. The third kappa shape index (κ3) is 3.95. The standard InChI is InChI=1S/C15H18N4O3S/c1-4-19-13(11-6-8-16-9-7-11)17-18-15(19)23-12(10(3)20)14(21)22-5-2/h6-9,12H,4-5H2,1-3H3. The SMILES string of the molecule is CCOC(=O)C(Sc1nnc(-c2ccncc2)n1CC)C(C)=O. The fourth-order valence-electron chi connectivity index (χ4n) is 2.00. The number of carbonyl (C=O) groups excluding carboxylic acids is 2. The zero-order valence-electron chi connectivity index (χ0n) is 13.2. The molecule has 8 heteroatoms. The van der Waals surface area contributed by atoms with Crippen LogP contribution in [0.4, 0.5) is 0 Å². The van der Waals surface area contributed by atoms with Crippen LogP contribution < -0.4 is 0 Å². The van der Waals surface area contributed by atoms with E-state index >= 15 is 0 Å². The topological polar surface area (TPSA) is 87.0 Å². The zero-order valence-corrected chi connectivity index (χ0v) is 14.0. The fraction of sp³-hybridized carbons (Fsp3) is 0.400. The minimum atomic E-state index is -0.935. The Labute approximate surface area is 138 Å². The van der Waals surface area contributed by atoms with Crippen molar-refractivity contribution in [2.75, 3.05) is 6.61 Å². The van der Waals surface area contributed by atoms with Gasteiger partial charge in [0.1, 0.15) is 0 Å². The van der Waals surface area contributed by atoms with Crippen molar-refractivity contribution in [3.8, 4) is 11.4 Å². The second kappa shape index (κ2) is 7.87. The number of ketones is 1. The molecule has 0 fully saturated rings. The second-order valence-corrected chi connectivity index (χ2v) is 5.72. The Morgan fingerprint density at radius 2 is 1.96 bits per heavy atom. The minimum absolute atomic E-state index is 0.228. The highest BCUT2D eigenvalue weighted by molar-refractivity contribution is 8.01. The van der Waals surface area contributed by atoms with E-state index in [-0.39, 0.29) is 12.4 Å². The summed E-state index contributed by atoms with van der Waals surface area (Å²) in [7, 11) is 0. The molecule has 0 aromatic carbocycles. The second-order valence-electron chi connectivity index (χ2n) is 4.65. The lowest BCUT2D eigenvalue weighted by Crippen LogP contribution is -2.27. The summed E-state index contributed by atoms with van der Waals surface area (Å²) in [6, 6.07) is 3.66. The highest BCUT2D eigenvalue weighted by Crippen LogP contribution is 2.27. The van der Waals surface area contributed by atoms with Crippen LogP contribution in [0.1, 0.15) is 20.8 Å². The van der Waals surface area contributed by atoms with Gasteiger partial charge < -0.3 is 9.30 Å². The molecule has 0 amide bonds. The number of Topliss-reactive ketones (excluding diaryl/α,β-unsaturated/α-hetero) is 1. The number of carbonyl (C=O) groups is 2. The average Bonchev–Trinajstić information content (AvgIpc) is 2.96. The maximum Gasteiger partial charge on any atom is 0.327 e. The zero-order chi connectivity index (χ0) is 16.8. The van der Waals surface area contributed by atoms with Crippen LogP contribution in [0.3, 0.4) is 0 Å². The van der Waals surface area contributed by atoms with Crippen molar-refractivity contribution >= 4 is 23.5 Å². The summed E-state index contributed by atoms with van der Waals surface area (Å²) in [6.07, 6.45) is 3.35. The summed E-state index contributed by atoms with van der Waals surface area (Å²) in [4.78, 5) is 27.7. The van der Waals surface area contributed by atoms with E-state index in [0.717, 1.165) is 17.3 Å². The molecule has 1 atom stereocenters.